The van der Waals surface area contributed by atoms with E-state index < -0.39 is 36.2 Å². The number of carbonyl (C=O) groups excluding carboxylic acids is 1. The summed E-state index contributed by atoms with van der Waals surface area (Å²) in [6.07, 6.45) is 1.32. The number of fused-ring (bicyclic) bond motifs is 1. The number of hydrogen-bond acceptors (Lipinski definition) is 6. The lowest BCUT2D eigenvalue weighted by atomic mass is 9.92. The molecule has 0 saturated heterocycles. The molecule has 0 bridgehead atoms. The molecule has 30 heavy (non-hydrogen) atoms. The van der Waals surface area contributed by atoms with E-state index in [4.69, 9.17) is 11.6 Å². The maximum Gasteiger partial charge on any atom is 0.248 e. The third kappa shape index (κ3) is 3.59. The van der Waals surface area contributed by atoms with Crippen LogP contribution in [0.2, 0.25) is 5.02 Å². The standard InChI is InChI=1S/C21H21ClN4O4/c1-2-16(27)25-20-13-7-8-26(21(13)24-10-23-20)15-9-14(18(29)19(15)30)17(28)11-3-5-12(22)6-4-11/h2-8,10,14-15,17-19,28-30H,1,9H2,(H,23,24,25,27)/t14-,15-,17?,18-,19+/m1/s1. The summed E-state index contributed by atoms with van der Waals surface area (Å²) >= 11 is 5.91. The molecule has 1 fully saturated rings. The van der Waals surface area contributed by atoms with Gasteiger partial charge in [0, 0.05) is 17.1 Å². The van der Waals surface area contributed by atoms with Gasteiger partial charge in [-0.1, -0.05) is 30.3 Å². The van der Waals surface area contributed by atoms with Gasteiger partial charge < -0.3 is 25.2 Å². The van der Waals surface area contributed by atoms with Crippen molar-refractivity contribution in [2.75, 3.05) is 5.32 Å². The maximum absolute atomic E-state index is 11.7. The lowest BCUT2D eigenvalue weighted by Gasteiger charge is -2.22. The molecular formula is C21H21ClN4O4. The Balaban J connectivity index is 1.64. The topological polar surface area (TPSA) is 121 Å². The summed E-state index contributed by atoms with van der Waals surface area (Å²) in [6, 6.07) is 7.96. The van der Waals surface area contributed by atoms with Crippen LogP contribution < -0.4 is 5.32 Å². The van der Waals surface area contributed by atoms with Crippen molar-refractivity contribution in [2.24, 2.45) is 5.92 Å². The minimum atomic E-state index is -1.13. The second-order valence-corrected chi connectivity index (χ2v) is 7.76. The van der Waals surface area contributed by atoms with Gasteiger partial charge in [-0.2, -0.15) is 0 Å². The van der Waals surface area contributed by atoms with E-state index in [9.17, 15) is 20.1 Å². The molecule has 0 spiro atoms. The fraction of sp³-hybridized carbons (Fsp3) is 0.286. The second kappa shape index (κ2) is 8.16. The van der Waals surface area contributed by atoms with Gasteiger partial charge in [0.1, 0.15) is 23.9 Å². The summed E-state index contributed by atoms with van der Waals surface area (Å²) in [4.78, 5) is 20.0. The van der Waals surface area contributed by atoms with Crippen LogP contribution in [-0.4, -0.2) is 48.0 Å². The number of nitrogens with one attached hydrogen (secondary N) is 1. The molecule has 2 aromatic heterocycles. The van der Waals surface area contributed by atoms with Crippen molar-refractivity contribution >= 4 is 34.4 Å². The molecule has 1 aromatic carbocycles. The average Bonchev–Trinajstić information content (AvgIpc) is 3.30. The van der Waals surface area contributed by atoms with E-state index in [1.807, 2.05) is 0 Å². The Hall–Kier alpha value is -2.78. The van der Waals surface area contributed by atoms with Crippen molar-refractivity contribution in [1.29, 1.82) is 0 Å². The zero-order chi connectivity index (χ0) is 21.4. The Bertz CT molecular complexity index is 1080. The van der Waals surface area contributed by atoms with Crippen molar-refractivity contribution in [3.05, 3.63) is 66.1 Å². The van der Waals surface area contributed by atoms with Crippen LogP contribution in [0.3, 0.4) is 0 Å². The molecule has 4 N–H and O–H groups in total. The van der Waals surface area contributed by atoms with Crippen LogP contribution in [0, 0.1) is 5.92 Å². The minimum Gasteiger partial charge on any atom is -0.390 e. The second-order valence-electron chi connectivity index (χ2n) is 7.32. The first-order chi connectivity index (χ1) is 14.4. The van der Waals surface area contributed by atoms with Gasteiger partial charge in [0.2, 0.25) is 5.91 Å². The summed E-state index contributed by atoms with van der Waals surface area (Å²) in [5, 5.41) is 35.9. The molecule has 1 amide bonds. The minimum absolute atomic E-state index is 0.328. The highest BCUT2D eigenvalue weighted by atomic mass is 35.5. The Morgan fingerprint density at radius 3 is 2.67 bits per heavy atom. The summed E-state index contributed by atoms with van der Waals surface area (Å²) in [7, 11) is 0. The molecular weight excluding hydrogens is 408 g/mol. The van der Waals surface area contributed by atoms with E-state index in [2.05, 4.69) is 21.9 Å². The van der Waals surface area contributed by atoms with Gasteiger partial charge in [0.15, 0.2) is 0 Å². The fourth-order valence-corrected chi connectivity index (χ4v) is 4.17. The number of aliphatic hydroxyl groups excluding tert-OH is 3. The van der Waals surface area contributed by atoms with Crippen LogP contribution in [0.25, 0.3) is 11.0 Å². The lowest BCUT2D eigenvalue weighted by Crippen LogP contribution is -2.31. The average molecular weight is 429 g/mol. The molecule has 3 aromatic rings. The Labute approximate surface area is 177 Å². The SMILES string of the molecule is C=CC(=O)Nc1ncnc2c1ccn2[C@@H]1C[C@H](C(O)c2ccc(Cl)cc2)[C@@H](O)[C@H]1O. The van der Waals surface area contributed by atoms with Crippen molar-refractivity contribution < 1.29 is 20.1 Å². The first-order valence-electron chi connectivity index (χ1n) is 9.45. The molecule has 1 aliphatic rings. The third-order valence-electron chi connectivity index (χ3n) is 5.61. The Morgan fingerprint density at radius 2 is 1.97 bits per heavy atom. The van der Waals surface area contributed by atoms with E-state index in [0.717, 1.165) is 6.08 Å². The zero-order valence-corrected chi connectivity index (χ0v) is 16.6. The molecule has 9 heteroatoms. The summed E-state index contributed by atoms with van der Waals surface area (Å²) in [5.74, 6) is -0.648. The van der Waals surface area contributed by atoms with E-state index in [1.54, 1.807) is 41.1 Å². The predicted molar refractivity (Wildman–Crippen MR) is 112 cm³/mol. The normalized spacial score (nSPS) is 24.7. The third-order valence-corrected chi connectivity index (χ3v) is 5.86. The Morgan fingerprint density at radius 1 is 1.23 bits per heavy atom. The van der Waals surface area contributed by atoms with Crippen molar-refractivity contribution in [3.63, 3.8) is 0 Å². The van der Waals surface area contributed by atoms with Gasteiger partial charge in [-0.25, -0.2) is 9.97 Å². The van der Waals surface area contributed by atoms with Crippen molar-refractivity contribution in [2.45, 2.75) is 30.8 Å². The molecule has 1 aliphatic carbocycles. The molecule has 5 atom stereocenters. The number of aromatic nitrogens is 3. The lowest BCUT2D eigenvalue weighted by molar-refractivity contribution is -0.111. The Kier molecular flexibility index (Phi) is 5.57. The highest BCUT2D eigenvalue weighted by Gasteiger charge is 2.46. The smallest absolute Gasteiger partial charge is 0.248 e. The molecule has 1 unspecified atom stereocenters. The number of aliphatic hydroxyl groups is 3. The molecule has 1 saturated carbocycles. The van der Waals surface area contributed by atoms with Crippen LogP contribution in [0.1, 0.15) is 24.1 Å². The van der Waals surface area contributed by atoms with Gasteiger partial charge >= 0.3 is 0 Å². The van der Waals surface area contributed by atoms with Crippen LogP contribution in [0.5, 0.6) is 0 Å². The fourth-order valence-electron chi connectivity index (χ4n) is 4.05. The number of anilines is 1. The predicted octanol–water partition coefficient (Wildman–Crippen LogP) is 2.23. The van der Waals surface area contributed by atoms with Crippen LogP contribution in [0.4, 0.5) is 5.82 Å². The van der Waals surface area contributed by atoms with Crippen LogP contribution in [-0.2, 0) is 4.79 Å². The van der Waals surface area contributed by atoms with E-state index in [0.29, 0.717) is 33.9 Å². The number of nitrogens with zero attached hydrogens (tertiary/aromatic N) is 3. The molecule has 0 aliphatic heterocycles. The van der Waals surface area contributed by atoms with Crippen LogP contribution >= 0.6 is 11.6 Å². The monoisotopic (exact) mass is 428 g/mol. The van der Waals surface area contributed by atoms with E-state index in [-0.39, 0.29) is 0 Å². The summed E-state index contributed by atoms with van der Waals surface area (Å²) in [5.41, 5.74) is 1.12. The number of halogens is 1. The van der Waals surface area contributed by atoms with Gasteiger partial charge in [-0.15, -0.1) is 0 Å². The number of rotatable bonds is 5. The van der Waals surface area contributed by atoms with Gasteiger partial charge in [-0.05, 0) is 36.3 Å². The number of hydrogen-bond donors (Lipinski definition) is 4. The quantitative estimate of drug-likeness (QED) is 0.462. The largest absolute Gasteiger partial charge is 0.390 e. The molecule has 8 nitrogen and oxygen atoms in total. The molecule has 2 heterocycles. The summed E-state index contributed by atoms with van der Waals surface area (Å²) in [6.45, 7) is 3.43. The van der Waals surface area contributed by atoms with Gasteiger partial charge in [0.25, 0.3) is 0 Å². The molecule has 0 radical (unpaired) electrons. The first kappa shape index (κ1) is 20.5. The van der Waals surface area contributed by atoms with E-state index in [1.165, 1.54) is 6.33 Å². The molecule has 4 rings (SSSR count). The number of benzene rings is 1. The van der Waals surface area contributed by atoms with Crippen molar-refractivity contribution in [1.82, 2.24) is 14.5 Å². The van der Waals surface area contributed by atoms with E-state index >= 15 is 0 Å². The highest BCUT2D eigenvalue weighted by molar-refractivity contribution is 6.30. The van der Waals surface area contributed by atoms with Crippen LogP contribution in [0.15, 0.2) is 55.5 Å². The molecule has 156 valence electrons. The van der Waals surface area contributed by atoms with Crippen molar-refractivity contribution in [3.8, 4) is 0 Å². The first-order valence-corrected chi connectivity index (χ1v) is 9.83. The number of amides is 1. The zero-order valence-electron chi connectivity index (χ0n) is 15.9. The van der Waals surface area contributed by atoms with Gasteiger partial charge in [0.05, 0.1) is 23.6 Å². The summed E-state index contributed by atoms with van der Waals surface area (Å²) < 4.78 is 1.74. The maximum atomic E-state index is 11.7. The highest BCUT2D eigenvalue weighted by Crippen LogP contribution is 2.43. The van der Waals surface area contributed by atoms with Gasteiger partial charge in [-0.3, -0.25) is 4.79 Å². The number of carbonyl (C=O) groups is 1.